The van der Waals surface area contributed by atoms with E-state index in [0.29, 0.717) is 5.92 Å². The molecule has 2 aromatic rings. The second-order valence-electron chi connectivity index (χ2n) is 7.28. The highest BCUT2D eigenvalue weighted by Crippen LogP contribution is 2.51. The molecule has 2 N–H and O–H groups in total. The van der Waals surface area contributed by atoms with E-state index in [2.05, 4.69) is 35.8 Å². The van der Waals surface area contributed by atoms with Crippen LogP contribution in [0.25, 0.3) is 11.1 Å². The van der Waals surface area contributed by atoms with E-state index in [-0.39, 0.29) is 5.91 Å². The predicted octanol–water partition coefficient (Wildman–Crippen LogP) is 3.26. The van der Waals surface area contributed by atoms with Crippen LogP contribution >= 0.6 is 0 Å². The first-order valence-electron chi connectivity index (χ1n) is 8.47. The van der Waals surface area contributed by atoms with Crippen molar-refractivity contribution in [3.63, 3.8) is 0 Å². The number of fused-ring (bicyclic) bond motifs is 5. The van der Waals surface area contributed by atoms with Crippen molar-refractivity contribution >= 4 is 11.9 Å². The molecule has 1 atom stereocenters. The fourth-order valence-electron chi connectivity index (χ4n) is 4.56. The number of imide groups is 1. The Kier molecular flexibility index (Phi) is 2.57. The molecule has 0 aromatic heterocycles. The molecule has 1 spiro atoms. The third-order valence-electron chi connectivity index (χ3n) is 5.78. The number of carbonyl (C=O) groups excluding carboxylic acids is 2. The molecule has 4 heteroatoms. The number of amides is 3. The van der Waals surface area contributed by atoms with E-state index in [1.165, 1.54) is 18.4 Å². The van der Waals surface area contributed by atoms with Gasteiger partial charge in [-0.05, 0) is 52.5 Å². The van der Waals surface area contributed by atoms with Crippen molar-refractivity contribution in [3.8, 4) is 11.1 Å². The maximum atomic E-state index is 12.8. The molecule has 1 saturated heterocycles. The van der Waals surface area contributed by atoms with Crippen molar-refractivity contribution < 1.29 is 9.59 Å². The van der Waals surface area contributed by atoms with Gasteiger partial charge in [0.2, 0.25) is 0 Å². The molecule has 2 aromatic carbocycles. The van der Waals surface area contributed by atoms with Crippen LogP contribution in [0.4, 0.5) is 4.79 Å². The van der Waals surface area contributed by atoms with Crippen molar-refractivity contribution in [1.82, 2.24) is 10.6 Å². The zero-order valence-corrected chi connectivity index (χ0v) is 13.4. The van der Waals surface area contributed by atoms with Crippen LogP contribution in [0.1, 0.15) is 42.4 Å². The van der Waals surface area contributed by atoms with Crippen LogP contribution in [-0.4, -0.2) is 11.9 Å². The average Bonchev–Trinajstić information content (AvgIpc) is 3.00. The van der Waals surface area contributed by atoms with E-state index in [1.54, 1.807) is 0 Å². The van der Waals surface area contributed by atoms with Crippen LogP contribution in [0.3, 0.4) is 0 Å². The van der Waals surface area contributed by atoms with E-state index in [1.807, 2.05) is 24.3 Å². The molecule has 120 valence electrons. The summed E-state index contributed by atoms with van der Waals surface area (Å²) in [6.07, 6.45) is 2.38. The van der Waals surface area contributed by atoms with Gasteiger partial charge in [-0.3, -0.25) is 10.1 Å². The first-order chi connectivity index (χ1) is 11.6. The largest absolute Gasteiger partial charge is 0.322 e. The maximum Gasteiger partial charge on any atom is 0.322 e. The quantitative estimate of drug-likeness (QED) is 0.793. The zero-order chi connectivity index (χ0) is 16.5. The molecule has 1 unspecified atom stereocenters. The molecule has 1 aliphatic heterocycles. The molecule has 3 aliphatic rings. The summed E-state index contributed by atoms with van der Waals surface area (Å²) in [4.78, 5) is 24.7. The third kappa shape index (κ3) is 1.58. The van der Waals surface area contributed by atoms with Gasteiger partial charge in [0.1, 0.15) is 0 Å². The number of urea groups is 1. The number of nitrogens with one attached hydrogen (secondary N) is 2. The highest BCUT2D eigenvalue weighted by Gasteiger charge is 2.54. The summed E-state index contributed by atoms with van der Waals surface area (Å²) in [5.74, 6) is 1.05. The van der Waals surface area contributed by atoms with Crippen molar-refractivity contribution in [3.05, 3.63) is 59.2 Å². The number of hydrogen-bond acceptors (Lipinski definition) is 2. The van der Waals surface area contributed by atoms with Gasteiger partial charge in [0, 0.05) is 0 Å². The highest BCUT2D eigenvalue weighted by molar-refractivity contribution is 6.13. The molecular formula is C20H18N2O2. The molecular weight excluding hydrogens is 300 g/mol. The zero-order valence-electron chi connectivity index (χ0n) is 13.4. The number of carbonyl (C=O) groups is 2. The fourth-order valence-corrected chi connectivity index (χ4v) is 4.56. The SMILES string of the molecule is CC1CC(c2ccc3c(c2)C2(NC(=O)NC2=O)c2ccccc2-3)C1. The Bertz CT molecular complexity index is 898. The molecule has 3 amide bonds. The molecule has 0 radical (unpaired) electrons. The molecule has 0 bridgehead atoms. The van der Waals surface area contributed by atoms with Crippen molar-refractivity contribution in [1.29, 1.82) is 0 Å². The van der Waals surface area contributed by atoms with Crippen molar-refractivity contribution in [2.24, 2.45) is 5.92 Å². The van der Waals surface area contributed by atoms with E-state index >= 15 is 0 Å². The Balaban J connectivity index is 1.73. The van der Waals surface area contributed by atoms with Crippen LogP contribution in [0.15, 0.2) is 42.5 Å². The minimum atomic E-state index is -1.08. The Morgan fingerprint density at radius 2 is 1.75 bits per heavy atom. The second kappa shape index (κ2) is 4.47. The summed E-state index contributed by atoms with van der Waals surface area (Å²) in [6.45, 7) is 2.27. The minimum absolute atomic E-state index is 0.280. The summed E-state index contributed by atoms with van der Waals surface area (Å²) in [6, 6.07) is 13.8. The van der Waals surface area contributed by atoms with Crippen LogP contribution in [0, 0.1) is 5.92 Å². The van der Waals surface area contributed by atoms with Gasteiger partial charge in [-0.1, -0.05) is 49.4 Å². The molecule has 2 aliphatic carbocycles. The summed E-state index contributed by atoms with van der Waals surface area (Å²) in [7, 11) is 0. The first-order valence-corrected chi connectivity index (χ1v) is 8.47. The molecule has 1 heterocycles. The van der Waals surface area contributed by atoms with Crippen LogP contribution in [0.5, 0.6) is 0 Å². The second-order valence-corrected chi connectivity index (χ2v) is 7.28. The summed E-state index contributed by atoms with van der Waals surface area (Å²) >= 11 is 0. The lowest BCUT2D eigenvalue weighted by molar-refractivity contribution is -0.122. The Morgan fingerprint density at radius 3 is 2.46 bits per heavy atom. The average molecular weight is 318 g/mol. The summed E-state index contributed by atoms with van der Waals surface area (Å²) in [5.41, 5.74) is 4.03. The van der Waals surface area contributed by atoms with Gasteiger partial charge in [-0.25, -0.2) is 4.79 Å². The smallest absolute Gasteiger partial charge is 0.316 e. The van der Waals surface area contributed by atoms with Gasteiger partial charge < -0.3 is 5.32 Å². The van der Waals surface area contributed by atoms with Gasteiger partial charge >= 0.3 is 6.03 Å². The van der Waals surface area contributed by atoms with Crippen LogP contribution in [-0.2, 0) is 10.3 Å². The predicted molar refractivity (Wildman–Crippen MR) is 90.5 cm³/mol. The normalized spacial score (nSPS) is 29.7. The molecule has 1 saturated carbocycles. The molecule has 24 heavy (non-hydrogen) atoms. The maximum absolute atomic E-state index is 12.8. The van der Waals surface area contributed by atoms with Crippen molar-refractivity contribution in [2.45, 2.75) is 31.2 Å². The number of rotatable bonds is 1. The molecule has 4 nitrogen and oxygen atoms in total. The standard InChI is InChI=1S/C20H18N2O2/c1-11-8-13(9-11)12-6-7-15-14-4-2-3-5-16(14)20(17(15)10-12)18(23)21-19(24)22-20/h2-7,10-11,13H,8-9H2,1H3,(H2,21,22,23,24). The summed E-state index contributed by atoms with van der Waals surface area (Å²) < 4.78 is 0. The van der Waals surface area contributed by atoms with Gasteiger partial charge in [0.15, 0.2) is 5.54 Å². The van der Waals surface area contributed by atoms with Crippen molar-refractivity contribution in [2.75, 3.05) is 0 Å². The number of benzene rings is 2. The Morgan fingerprint density at radius 1 is 1.00 bits per heavy atom. The third-order valence-corrected chi connectivity index (χ3v) is 5.78. The summed E-state index contributed by atoms with van der Waals surface area (Å²) in [5, 5.41) is 5.33. The van der Waals surface area contributed by atoms with E-state index < -0.39 is 11.6 Å². The first kappa shape index (κ1) is 13.8. The Labute approximate surface area is 140 Å². The molecule has 5 rings (SSSR count). The van der Waals surface area contributed by atoms with E-state index in [9.17, 15) is 9.59 Å². The Hall–Kier alpha value is -2.62. The van der Waals surface area contributed by atoms with Crippen LogP contribution in [0.2, 0.25) is 0 Å². The lowest BCUT2D eigenvalue weighted by Gasteiger charge is -2.34. The van der Waals surface area contributed by atoms with Gasteiger partial charge in [0.05, 0.1) is 0 Å². The lowest BCUT2D eigenvalue weighted by atomic mass is 9.71. The van der Waals surface area contributed by atoms with E-state index in [0.717, 1.165) is 28.2 Å². The molecule has 2 fully saturated rings. The van der Waals surface area contributed by atoms with Crippen LogP contribution < -0.4 is 10.6 Å². The monoisotopic (exact) mass is 318 g/mol. The number of hydrogen-bond donors (Lipinski definition) is 2. The van der Waals surface area contributed by atoms with E-state index in [4.69, 9.17) is 0 Å². The lowest BCUT2D eigenvalue weighted by Crippen LogP contribution is -2.43. The van der Waals surface area contributed by atoms with Gasteiger partial charge in [-0.2, -0.15) is 0 Å². The minimum Gasteiger partial charge on any atom is -0.316 e. The van der Waals surface area contributed by atoms with Gasteiger partial charge in [0.25, 0.3) is 5.91 Å². The van der Waals surface area contributed by atoms with Gasteiger partial charge in [-0.15, -0.1) is 0 Å². The topological polar surface area (TPSA) is 58.2 Å². The highest BCUT2D eigenvalue weighted by atomic mass is 16.2. The fraction of sp³-hybridized carbons (Fsp3) is 0.300.